The van der Waals surface area contributed by atoms with Gasteiger partial charge < -0.3 is 4.57 Å². The second-order valence-corrected chi connectivity index (χ2v) is 13.7. The largest absolute Gasteiger partial charge is 0.309 e. The highest BCUT2D eigenvalue weighted by molar-refractivity contribution is 6.26. The molecular weight excluding hydrogens is 617 g/mol. The van der Waals surface area contributed by atoms with Gasteiger partial charge in [0.2, 0.25) is 0 Å². The first kappa shape index (κ1) is 27.9. The van der Waals surface area contributed by atoms with E-state index in [4.69, 9.17) is 0 Å². The average Bonchev–Trinajstić information content (AvgIpc) is 3.53. The minimum absolute atomic E-state index is 0.672. The number of para-hydroxylation sites is 1. The van der Waals surface area contributed by atoms with Gasteiger partial charge in [-0.1, -0.05) is 109 Å². The van der Waals surface area contributed by atoms with Crippen molar-refractivity contribution in [3.05, 3.63) is 175 Å². The van der Waals surface area contributed by atoms with E-state index in [1.165, 1.54) is 81.9 Å². The molecule has 11 rings (SSSR count). The molecule has 1 heterocycles. The summed E-state index contributed by atoms with van der Waals surface area (Å²) in [5.74, 6) is 0. The van der Waals surface area contributed by atoms with Gasteiger partial charge in [0, 0.05) is 16.5 Å². The van der Waals surface area contributed by atoms with Gasteiger partial charge in [0.25, 0.3) is 0 Å². The van der Waals surface area contributed by atoms with Crippen molar-refractivity contribution < 1.29 is 0 Å². The van der Waals surface area contributed by atoms with Crippen molar-refractivity contribution >= 4 is 64.9 Å². The first-order chi connectivity index (χ1) is 25.2. The molecule has 234 valence electrons. The summed E-state index contributed by atoms with van der Waals surface area (Å²) in [6.45, 7) is 0. The van der Waals surface area contributed by atoms with E-state index in [-0.39, 0.29) is 0 Å². The quantitative estimate of drug-likeness (QED) is 0.175. The number of benzene rings is 10. The van der Waals surface area contributed by atoms with Gasteiger partial charge in [-0.25, -0.2) is 0 Å². The number of hydrogen-bond acceptors (Lipinski definition) is 1. The van der Waals surface area contributed by atoms with E-state index in [9.17, 15) is 5.26 Å². The molecule has 0 amide bonds. The predicted molar refractivity (Wildman–Crippen MR) is 214 cm³/mol. The van der Waals surface area contributed by atoms with Crippen LogP contribution in [-0.2, 0) is 0 Å². The normalized spacial score (nSPS) is 11.9. The summed E-state index contributed by atoms with van der Waals surface area (Å²) in [6.07, 6.45) is 0. The van der Waals surface area contributed by atoms with Crippen molar-refractivity contribution in [1.29, 1.82) is 5.26 Å². The highest BCUT2D eigenvalue weighted by atomic mass is 15.0. The molecule has 11 aromatic rings. The fraction of sp³-hybridized carbons (Fsp3) is 0. The molecule has 0 aliphatic heterocycles. The molecular formula is C49H28N2. The van der Waals surface area contributed by atoms with Crippen molar-refractivity contribution in [2.45, 2.75) is 0 Å². The van der Waals surface area contributed by atoms with Crippen LogP contribution in [-0.4, -0.2) is 4.57 Å². The average molecular weight is 645 g/mol. The molecule has 10 aromatic carbocycles. The first-order valence-corrected chi connectivity index (χ1v) is 17.4. The molecule has 51 heavy (non-hydrogen) atoms. The molecule has 0 unspecified atom stereocenters. The van der Waals surface area contributed by atoms with E-state index in [0.29, 0.717) is 5.56 Å². The summed E-state index contributed by atoms with van der Waals surface area (Å²) in [5.41, 5.74) is 11.2. The highest BCUT2D eigenvalue weighted by Gasteiger charge is 2.19. The third-order valence-electron chi connectivity index (χ3n) is 10.8. The summed E-state index contributed by atoms with van der Waals surface area (Å²) in [4.78, 5) is 0. The fourth-order valence-corrected chi connectivity index (χ4v) is 8.51. The second-order valence-electron chi connectivity index (χ2n) is 13.7. The molecule has 0 saturated carbocycles. The molecule has 0 N–H and O–H groups in total. The van der Waals surface area contributed by atoms with Gasteiger partial charge in [0.05, 0.1) is 22.7 Å². The van der Waals surface area contributed by atoms with Gasteiger partial charge in [-0.2, -0.15) is 5.26 Å². The van der Waals surface area contributed by atoms with Crippen LogP contribution in [0.2, 0.25) is 0 Å². The molecule has 0 spiro atoms. The van der Waals surface area contributed by atoms with Crippen LogP contribution in [0.15, 0.2) is 170 Å². The van der Waals surface area contributed by atoms with Gasteiger partial charge >= 0.3 is 0 Å². The van der Waals surface area contributed by atoms with E-state index in [0.717, 1.165) is 22.1 Å². The van der Waals surface area contributed by atoms with E-state index in [2.05, 4.69) is 162 Å². The van der Waals surface area contributed by atoms with E-state index in [1.54, 1.807) is 0 Å². The second kappa shape index (κ2) is 10.5. The van der Waals surface area contributed by atoms with Crippen LogP contribution in [0.5, 0.6) is 0 Å². The van der Waals surface area contributed by atoms with Crippen LogP contribution in [0, 0.1) is 11.3 Å². The van der Waals surface area contributed by atoms with Crippen LogP contribution in [0.4, 0.5) is 0 Å². The lowest BCUT2D eigenvalue weighted by molar-refractivity contribution is 1.18. The Morgan fingerprint density at radius 2 is 0.725 bits per heavy atom. The maximum absolute atomic E-state index is 9.85. The Kier molecular flexibility index (Phi) is 5.77. The zero-order valence-electron chi connectivity index (χ0n) is 27.6. The molecule has 0 fully saturated rings. The van der Waals surface area contributed by atoms with Gasteiger partial charge in [-0.05, 0) is 137 Å². The number of rotatable bonds is 4. The molecule has 1 aromatic heterocycles. The van der Waals surface area contributed by atoms with Crippen LogP contribution >= 0.6 is 0 Å². The number of hydrogen-bond donors (Lipinski definition) is 0. The smallest absolute Gasteiger partial charge is 0.0992 e. The highest BCUT2D eigenvalue weighted by Crippen LogP contribution is 2.43. The summed E-state index contributed by atoms with van der Waals surface area (Å²) >= 11 is 0. The van der Waals surface area contributed by atoms with Crippen LogP contribution < -0.4 is 0 Å². The molecule has 2 heteroatoms. The monoisotopic (exact) mass is 644 g/mol. The van der Waals surface area contributed by atoms with E-state index < -0.39 is 0 Å². The van der Waals surface area contributed by atoms with E-state index >= 15 is 0 Å². The third kappa shape index (κ3) is 4.16. The van der Waals surface area contributed by atoms with E-state index in [1.807, 2.05) is 18.2 Å². The number of nitrogens with zero attached hydrogens (tertiary/aromatic N) is 2. The maximum atomic E-state index is 9.85. The molecule has 2 nitrogen and oxygen atoms in total. The van der Waals surface area contributed by atoms with Gasteiger partial charge in [-0.3, -0.25) is 0 Å². The lowest BCUT2D eigenvalue weighted by atomic mass is 9.89. The SMILES string of the molecule is N#Cc1cc2ccc3cc(-c4ccc(-c5cc6ccc7cc(-c8ccccc8)cc8ccc(c5)c6c78)cc4)cc4c3c2c(c1)n4-c1ccccc1. The Bertz CT molecular complexity index is 3100. The van der Waals surface area contributed by atoms with Crippen molar-refractivity contribution in [3.63, 3.8) is 0 Å². The number of aromatic nitrogens is 1. The molecule has 0 radical (unpaired) electrons. The molecule has 0 saturated heterocycles. The van der Waals surface area contributed by atoms with Crippen molar-refractivity contribution in [2.24, 2.45) is 0 Å². The fourth-order valence-electron chi connectivity index (χ4n) is 8.51. The molecule has 0 aliphatic carbocycles. The minimum atomic E-state index is 0.672. The predicted octanol–water partition coefficient (Wildman–Crippen LogP) is 13.1. The van der Waals surface area contributed by atoms with Crippen molar-refractivity contribution in [1.82, 2.24) is 4.57 Å². The lowest BCUT2D eigenvalue weighted by Gasteiger charge is -2.15. The van der Waals surface area contributed by atoms with Crippen molar-refractivity contribution in [3.8, 4) is 45.1 Å². The Morgan fingerprint density at radius 3 is 1.22 bits per heavy atom. The van der Waals surface area contributed by atoms with Gasteiger partial charge in [0.1, 0.15) is 0 Å². The standard InChI is InChI=1S/C49H28N2/c50-29-30-21-34-15-20-39-27-42(28-45-49(39)48(34)44(22-30)51(45)43-9-5-2-6-10-43)33-13-11-32(12-14-33)41-25-37-18-16-35-23-40(31-7-3-1-4-8-31)24-36-17-19-38(26-41)47(37)46(35)36/h1-28H. The summed E-state index contributed by atoms with van der Waals surface area (Å²) in [6, 6.07) is 63.9. The lowest BCUT2D eigenvalue weighted by Crippen LogP contribution is -1.94. The molecule has 0 atom stereocenters. The Hall–Kier alpha value is -6.95. The summed E-state index contributed by atoms with van der Waals surface area (Å²) in [7, 11) is 0. The Labute approximate surface area is 294 Å². The third-order valence-corrected chi connectivity index (χ3v) is 10.8. The summed E-state index contributed by atoms with van der Waals surface area (Å²) in [5, 5.41) is 22.3. The van der Waals surface area contributed by atoms with Crippen LogP contribution in [0.1, 0.15) is 5.56 Å². The maximum Gasteiger partial charge on any atom is 0.0992 e. The van der Waals surface area contributed by atoms with Crippen LogP contribution in [0.3, 0.4) is 0 Å². The molecule has 0 bridgehead atoms. The van der Waals surface area contributed by atoms with Gasteiger partial charge in [-0.15, -0.1) is 0 Å². The molecule has 0 aliphatic rings. The zero-order chi connectivity index (χ0) is 33.6. The van der Waals surface area contributed by atoms with Crippen molar-refractivity contribution in [2.75, 3.05) is 0 Å². The van der Waals surface area contributed by atoms with Crippen LogP contribution in [0.25, 0.3) is 104 Å². The Balaban J connectivity index is 1.03. The Morgan fingerprint density at radius 1 is 0.333 bits per heavy atom. The minimum Gasteiger partial charge on any atom is -0.309 e. The zero-order valence-corrected chi connectivity index (χ0v) is 27.6. The first-order valence-electron chi connectivity index (χ1n) is 17.4. The summed E-state index contributed by atoms with van der Waals surface area (Å²) < 4.78 is 2.31. The topological polar surface area (TPSA) is 28.7 Å². The van der Waals surface area contributed by atoms with Gasteiger partial charge in [0.15, 0.2) is 0 Å². The number of nitriles is 1.